The molecule has 0 unspecified atom stereocenters. The number of halogens is 1. The third-order valence-corrected chi connectivity index (χ3v) is 1.90. The van der Waals surface area contributed by atoms with Crippen molar-refractivity contribution in [3.63, 3.8) is 0 Å². The number of carbonyl (C=O) groups excluding carboxylic acids is 1. The molecule has 1 rings (SSSR count). The van der Waals surface area contributed by atoms with E-state index >= 15 is 0 Å². The Morgan fingerprint density at radius 2 is 2.43 bits per heavy atom. The summed E-state index contributed by atoms with van der Waals surface area (Å²) in [5.74, 6) is 0. The van der Waals surface area contributed by atoms with Gasteiger partial charge in [0.05, 0.1) is 13.3 Å². The first-order chi connectivity index (χ1) is 6.63. The number of ether oxygens (including phenoxy) is 2. The Kier molecular flexibility index (Phi) is 3.86. The normalized spacial score (nSPS) is 9.57. The van der Waals surface area contributed by atoms with E-state index in [4.69, 9.17) is 0 Å². The number of rotatable bonds is 2. The Balaban J connectivity index is 2.68. The fraction of sp³-hybridized carbons (Fsp3) is 0.286. The Hall–Kier alpha value is -1.12. The molecule has 0 N–H and O–H groups in total. The minimum absolute atomic E-state index is 0.248. The molecule has 76 valence electrons. The summed E-state index contributed by atoms with van der Waals surface area (Å²) in [4.78, 5) is 21.8. The third-order valence-electron chi connectivity index (χ3n) is 1.31. The molecule has 0 aliphatic heterocycles. The highest BCUT2D eigenvalue weighted by Crippen LogP contribution is 1.95. The summed E-state index contributed by atoms with van der Waals surface area (Å²) in [5, 5.41) is 3.75. The van der Waals surface area contributed by atoms with E-state index in [1.54, 1.807) is 0 Å². The van der Waals surface area contributed by atoms with Crippen LogP contribution in [0.3, 0.4) is 0 Å². The van der Waals surface area contributed by atoms with Crippen LogP contribution < -0.4 is 5.56 Å². The van der Waals surface area contributed by atoms with Gasteiger partial charge in [-0.2, -0.15) is 9.78 Å². The van der Waals surface area contributed by atoms with E-state index in [0.717, 1.165) is 8.25 Å². The standard InChI is InChI=1S/C7H7IN2O4/c1-13-7(12)14-4-10-6(11)2-5(8)3-9-10/h2-3H,4H2,1H3. The van der Waals surface area contributed by atoms with Gasteiger partial charge in [0.1, 0.15) is 0 Å². The number of nitrogens with zero attached hydrogens (tertiary/aromatic N) is 2. The molecular weight excluding hydrogens is 303 g/mol. The molecule has 0 atom stereocenters. The van der Waals surface area contributed by atoms with Crippen molar-refractivity contribution in [3.05, 3.63) is 26.2 Å². The second-order valence-corrected chi connectivity index (χ2v) is 3.48. The van der Waals surface area contributed by atoms with Crippen LogP contribution in [-0.2, 0) is 16.2 Å². The average Bonchev–Trinajstić information content (AvgIpc) is 2.16. The summed E-state index contributed by atoms with van der Waals surface area (Å²) >= 11 is 1.96. The van der Waals surface area contributed by atoms with Crippen LogP contribution in [0.25, 0.3) is 0 Å². The van der Waals surface area contributed by atoms with E-state index in [2.05, 4.69) is 14.6 Å². The molecule has 0 aliphatic rings. The smallest absolute Gasteiger partial charge is 0.438 e. The van der Waals surface area contributed by atoms with Crippen molar-refractivity contribution >= 4 is 28.7 Å². The minimum atomic E-state index is -0.850. The quantitative estimate of drug-likeness (QED) is 0.590. The third kappa shape index (κ3) is 2.98. The highest BCUT2D eigenvalue weighted by molar-refractivity contribution is 14.1. The molecule has 1 aromatic heterocycles. The molecule has 0 bridgehead atoms. The van der Waals surface area contributed by atoms with Crippen molar-refractivity contribution in [2.75, 3.05) is 7.11 Å². The van der Waals surface area contributed by atoms with Gasteiger partial charge in [-0.25, -0.2) is 4.79 Å². The van der Waals surface area contributed by atoms with Crippen LogP contribution in [0.4, 0.5) is 4.79 Å². The SMILES string of the molecule is COC(=O)OCn1ncc(I)cc1=O. The van der Waals surface area contributed by atoms with Gasteiger partial charge in [-0.1, -0.05) is 0 Å². The molecule has 1 heterocycles. The number of hydrogen-bond donors (Lipinski definition) is 0. The lowest BCUT2D eigenvalue weighted by atomic mass is 10.6. The Morgan fingerprint density at radius 3 is 3.00 bits per heavy atom. The Labute approximate surface area is 93.0 Å². The van der Waals surface area contributed by atoms with Crippen molar-refractivity contribution in [2.24, 2.45) is 0 Å². The fourth-order valence-electron chi connectivity index (χ4n) is 0.681. The largest absolute Gasteiger partial charge is 0.509 e. The Morgan fingerprint density at radius 1 is 1.71 bits per heavy atom. The molecule has 0 spiro atoms. The van der Waals surface area contributed by atoms with Crippen LogP contribution in [0.15, 0.2) is 17.1 Å². The van der Waals surface area contributed by atoms with Gasteiger partial charge in [0, 0.05) is 9.64 Å². The van der Waals surface area contributed by atoms with Crippen molar-refractivity contribution in [1.29, 1.82) is 0 Å². The van der Waals surface area contributed by atoms with Crippen LogP contribution >= 0.6 is 22.6 Å². The maximum absolute atomic E-state index is 11.2. The lowest BCUT2D eigenvalue weighted by Crippen LogP contribution is -2.24. The van der Waals surface area contributed by atoms with E-state index in [1.807, 2.05) is 22.6 Å². The maximum atomic E-state index is 11.2. The monoisotopic (exact) mass is 310 g/mol. The second kappa shape index (κ2) is 4.94. The van der Waals surface area contributed by atoms with E-state index in [-0.39, 0.29) is 12.3 Å². The summed E-state index contributed by atoms with van der Waals surface area (Å²) in [5.41, 5.74) is -0.333. The number of aromatic nitrogens is 2. The molecule has 0 saturated carbocycles. The average molecular weight is 310 g/mol. The number of carbonyl (C=O) groups is 1. The van der Waals surface area contributed by atoms with E-state index in [1.165, 1.54) is 19.4 Å². The van der Waals surface area contributed by atoms with Crippen LogP contribution in [0.2, 0.25) is 0 Å². The van der Waals surface area contributed by atoms with E-state index < -0.39 is 6.16 Å². The lowest BCUT2D eigenvalue weighted by Gasteiger charge is -2.04. The molecule has 0 fully saturated rings. The van der Waals surface area contributed by atoms with Gasteiger partial charge >= 0.3 is 6.16 Å². The molecule has 0 amide bonds. The summed E-state index contributed by atoms with van der Waals surface area (Å²) in [6.45, 7) is -0.248. The molecule has 0 saturated heterocycles. The van der Waals surface area contributed by atoms with Crippen LogP contribution in [0.1, 0.15) is 0 Å². The van der Waals surface area contributed by atoms with Crippen LogP contribution in [0, 0.1) is 3.57 Å². The Bertz CT molecular complexity index is 390. The molecule has 6 nitrogen and oxygen atoms in total. The van der Waals surface area contributed by atoms with Crippen molar-refractivity contribution < 1.29 is 14.3 Å². The van der Waals surface area contributed by atoms with Crippen molar-refractivity contribution in [1.82, 2.24) is 9.78 Å². The highest BCUT2D eigenvalue weighted by atomic mass is 127. The molecule has 0 radical (unpaired) electrons. The summed E-state index contributed by atoms with van der Waals surface area (Å²) < 4.78 is 10.5. The van der Waals surface area contributed by atoms with Gasteiger partial charge in [-0.3, -0.25) is 4.79 Å². The second-order valence-electron chi connectivity index (χ2n) is 2.24. The van der Waals surface area contributed by atoms with Gasteiger partial charge in [-0.15, -0.1) is 0 Å². The number of hydrogen-bond acceptors (Lipinski definition) is 5. The molecular formula is C7H7IN2O4. The highest BCUT2D eigenvalue weighted by Gasteiger charge is 2.02. The van der Waals surface area contributed by atoms with Gasteiger partial charge in [0.25, 0.3) is 5.56 Å². The van der Waals surface area contributed by atoms with Crippen molar-refractivity contribution in [3.8, 4) is 0 Å². The molecule has 1 aromatic rings. The first-order valence-corrected chi connectivity index (χ1v) is 4.65. The zero-order valence-electron chi connectivity index (χ0n) is 7.27. The van der Waals surface area contributed by atoms with Gasteiger partial charge in [-0.05, 0) is 22.6 Å². The minimum Gasteiger partial charge on any atom is -0.438 e. The van der Waals surface area contributed by atoms with Gasteiger partial charge < -0.3 is 9.47 Å². The fourth-order valence-corrected chi connectivity index (χ4v) is 1.07. The van der Waals surface area contributed by atoms with Crippen LogP contribution in [-0.4, -0.2) is 23.0 Å². The van der Waals surface area contributed by atoms with E-state index in [9.17, 15) is 9.59 Å². The van der Waals surface area contributed by atoms with E-state index in [0.29, 0.717) is 0 Å². The molecule has 0 aliphatic carbocycles. The van der Waals surface area contributed by atoms with Gasteiger partial charge in [0.2, 0.25) is 0 Å². The lowest BCUT2D eigenvalue weighted by molar-refractivity contribution is 0.0432. The summed E-state index contributed by atoms with van der Waals surface area (Å²) in [7, 11) is 1.19. The van der Waals surface area contributed by atoms with Crippen molar-refractivity contribution in [2.45, 2.75) is 6.73 Å². The van der Waals surface area contributed by atoms with Crippen LogP contribution in [0.5, 0.6) is 0 Å². The molecule has 14 heavy (non-hydrogen) atoms. The van der Waals surface area contributed by atoms with Gasteiger partial charge in [0.15, 0.2) is 6.73 Å². The predicted octanol–water partition coefficient (Wildman–Crippen LogP) is 0.588. The molecule has 0 aromatic carbocycles. The summed E-state index contributed by atoms with van der Waals surface area (Å²) in [6, 6.07) is 1.38. The zero-order valence-corrected chi connectivity index (χ0v) is 9.42. The summed E-state index contributed by atoms with van der Waals surface area (Å²) in [6.07, 6.45) is 0.639. The topological polar surface area (TPSA) is 70.4 Å². The molecule has 7 heteroatoms. The first-order valence-electron chi connectivity index (χ1n) is 3.57. The predicted molar refractivity (Wildman–Crippen MR) is 54.7 cm³/mol. The number of methoxy groups -OCH3 is 1. The first kappa shape index (κ1) is 11.0. The maximum Gasteiger partial charge on any atom is 0.509 e. The zero-order chi connectivity index (χ0) is 10.6.